The van der Waals surface area contributed by atoms with Crippen LogP contribution in [0.1, 0.15) is 0 Å². The predicted molar refractivity (Wildman–Crippen MR) is 106 cm³/mol. The summed E-state index contributed by atoms with van der Waals surface area (Å²) in [5.41, 5.74) is 4.20. The van der Waals surface area contributed by atoms with E-state index in [9.17, 15) is 4.79 Å². The number of H-pyrrole nitrogens is 1. The molecule has 4 aromatic rings. The van der Waals surface area contributed by atoms with Gasteiger partial charge < -0.3 is 15.6 Å². The number of hydrogen-bond acceptors (Lipinski definition) is 2. The molecule has 4 rings (SSSR count). The zero-order valence-electron chi connectivity index (χ0n) is 13.7. The molecule has 128 valence electrons. The summed E-state index contributed by atoms with van der Waals surface area (Å²) >= 11 is 5.93. The molecule has 5 nitrogen and oxygen atoms in total. The van der Waals surface area contributed by atoms with Crippen molar-refractivity contribution in [1.29, 1.82) is 0 Å². The number of anilines is 2. The molecule has 0 radical (unpaired) electrons. The van der Waals surface area contributed by atoms with Crippen LogP contribution in [0.15, 0.2) is 73.2 Å². The van der Waals surface area contributed by atoms with Crippen LogP contribution in [0.2, 0.25) is 5.02 Å². The van der Waals surface area contributed by atoms with Gasteiger partial charge in [0.25, 0.3) is 0 Å². The van der Waals surface area contributed by atoms with Crippen LogP contribution in [0, 0.1) is 0 Å². The van der Waals surface area contributed by atoms with Gasteiger partial charge in [-0.25, -0.2) is 4.79 Å². The minimum absolute atomic E-state index is 0.357. The van der Waals surface area contributed by atoms with E-state index in [4.69, 9.17) is 11.6 Å². The van der Waals surface area contributed by atoms with Crippen molar-refractivity contribution in [3.63, 3.8) is 0 Å². The summed E-state index contributed by atoms with van der Waals surface area (Å²) in [6.45, 7) is 0. The maximum Gasteiger partial charge on any atom is 0.323 e. The SMILES string of the molecule is O=C(Nc1cccc(Cl)c1)Nc1cncc(-c2cccc3cc[nH]c23)c1. The number of rotatable bonds is 3. The Balaban J connectivity index is 1.56. The summed E-state index contributed by atoms with van der Waals surface area (Å²) in [7, 11) is 0. The van der Waals surface area contributed by atoms with E-state index in [0.717, 1.165) is 22.0 Å². The second-order valence-electron chi connectivity index (χ2n) is 5.80. The molecule has 26 heavy (non-hydrogen) atoms. The lowest BCUT2D eigenvalue weighted by Crippen LogP contribution is -2.19. The fraction of sp³-hybridized carbons (Fsp3) is 0. The van der Waals surface area contributed by atoms with E-state index in [1.54, 1.807) is 36.7 Å². The Morgan fingerprint density at radius 3 is 2.69 bits per heavy atom. The van der Waals surface area contributed by atoms with Gasteiger partial charge in [-0.1, -0.05) is 35.9 Å². The second kappa shape index (κ2) is 6.90. The molecule has 2 aromatic heterocycles. The van der Waals surface area contributed by atoms with Gasteiger partial charge >= 0.3 is 6.03 Å². The van der Waals surface area contributed by atoms with Gasteiger partial charge in [0.05, 0.1) is 17.4 Å². The van der Waals surface area contributed by atoms with Crippen molar-refractivity contribution in [1.82, 2.24) is 9.97 Å². The monoisotopic (exact) mass is 362 g/mol. The van der Waals surface area contributed by atoms with Crippen LogP contribution in [0.5, 0.6) is 0 Å². The first-order chi connectivity index (χ1) is 12.7. The van der Waals surface area contributed by atoms with E-state index in [2.05, 4.69) is 20.6 Å². The first-order valence-electron chi connectivity index (χ1n) is 8.04. The second-order valence-corrected chi connectivity index (χ2v) is 6.24. The summed E-state index contributed by atoms with van der Waals surface area (Å²) in [6, 6.07) is 16.6. The number of halogens is 1. The fourth-order valence-electron chi connectivity index (χ4n) is 2.84. The highest BCUT2D eigenvalue weighted by Gasteiger charge is 2.08. The van der Waals surface area contributed by atoms with Crippen LogP contribution < -0.4 is 10.6 Å². The predicted octanol–water partition coefficient (Wildman–Crippen LogP) is 5.53. The minimum Gasteiger partial charge on any atom is -0.361 e. The number of nitrogens with zero attached hydrogens (tertiary/aromatic N) is 1. The third kappa shape index (κ3) is 3.38. The molecule has 2 heterocycles. The molecule has 0 spiro atoms. The van der Waals surface area contributed by atoms with Crippen LogP contribution in [0.25, 0.3) is 22.0 Å². The normalized spacial score (nSPS) is 10.7. The molecule has 0 aliphatic heterocycles. The third-order valence-corrected chi connectivity index (χ3v) is 4.21. The minimum atomic E-state index is -0.357. The number of amides is 2. The first-order valence-corrected chi connectivity index (χ1v) is 8.42. The lowest BCUT2D eigenvalue weighted by Gasteiger charge is -2.09. The van der Waals surface area contributed by atoms with Gasteiger partial charge in [0.15, 0.2) is 0 Å². The molecule has 0 aliphatic carbocycles. The van der Waals surface area contributed by atoms with Crippen LogP contribution in [0.4, 0.5) is 16.2 Å². The highest BCUT2D eigenvalue weighted by atomic mass is 35.5. The number of carbonyl (C=O) groups excluding carboxylic acids is 1. The number of urea groups is 1. The van der Waals surface area contributed by atoms with Crippen molar-refractivity contribution in [2.75, 3.05) is 10.6 Å². The number of pyridine rings is 1. The number of nitrogens with one attached hydrogen (secondary N) is 3. The Morgan fingerprint density at radius 1 is 0.962 bits per heavy atom. The molecule has 2 aromatic carbocycles. The summed E-state index contributed by atoms with van der Waals surface area (Å²) in [4.78, 5) is 19.7. The average molecular weight is 363 g/mol. The zero-order valence-corrected chi connectivity index (χ0v) is 14.4. The number of aromatic amines is 1. The molecule has 0 fully saturated rings. The fourth-order valence-corrected chi connectivity index (χ4v) is 3.03. The Labute approximate surface area is 155 Å². The highest BCUT2D eigenvalue weighted by molar-refractivity contribution is 6.30. The van der Waals surface area contributed by atoms with E-state index < -0.39 is 0 Å². The average Bonchev–Trinajstić information content (AvgIpc) is 3.10. The smallest absolute Gasteiger partial charge is 0.323 e. The first kappa shape index (κ1) is 16.2. The van der Waals surface area contributed by atoms with Gasteiger partial charge in [-0.15, -0.1) is 0 Å². The molecule has 0 saturated heterocycles. The van der Waals surface area contributed by atoms with Crippen molar-refractivity contribution in [2.45, 2.75) is 0 Å². The van der Waals surface area contributed by atoms with Gasteiger partial charge in [-0.3, -0.25) is 4.98 Å². The van der Waals surface area contributed by atoms with Crippen LogP contribution >= 0.6 is 11.6 Å². The molecular formula is C20H15ClN4O. The van der Waals surface area contributed by atoms with Crippen LogP contribution in [0.3, 0.4) is 0 Å². The Morgan fingerprint density at radius 2 is 1.81 bits per heavy atom. The molecule has 0 atom stereocenters. The zero-order chi connectivity index (χ0) is 17.9. The number of fused-ring (bicyclic) bond motifs is 1. The third-order valence-electron chi connectivity index (χ3n) is 3.98. The van der Waals surface area contributed by atoms with Crippen molar-refractivity contribution in [3.8, 4) is 11.1 Å². The Bertz CT molecular complexity index is 1090. The topological polar surface area (TPSA) is 69.8 Å². The van der Waals surface area contributed by atoms with Crippen molar-refractivity contribution < 1.29 is 4.79 Å². The maximum atomic E-state index is 12.2. The van der Waals surface area contributed by atoms with E-state index in [1.165, 1.54) is 0 Å². The lowest BCUT2D eigenvalue weighted by atomic mass is 10.0. The van der Waals surface area contributed by atoms with Crippen LogP contribution in [-0.2, 0) is 0 Å². The lowest BCUT2D eigenvalue weighted by molar-refractivity contribution is 0.262. The van der Waals surface area contributed by atoms with Gasteiger partial charge in [-0.2, -0.15) is 0 Å². The largest absolute Gasteiger partial charge is 0.361 e. The molecule has 0 saturated carbocycles. The van der Waals surface area contributed by atoms with Gasteiger partial charge in [0.2, 0.25) is 0 Å². The maximum absolute atomic E-state index is 12.2. The summed E-state index contributed by atoms with van der Waals surface area (Å²) in [5, 5.41) is 7.23. The molecule has 6 heteroatoms. The van der Waals surface area contributed by atoms with Crippen molar-refractivity contribution >= 4 is 39.9 Å². The number of benzene rings is 2. The Hall–Kier alpha value is -3.31. The van der Waals surface area contributed by atoms with Gasteiger partial charge in [0.1, 0.15) is 0 Å². The molecule has 0 aliphatic rings. The number of carbonyl (C=O) groups is 1. The van der Waals surface area contributed by atoms with E-state index in [1.807, 2.05) is 36.5 Å². The van der Waals surface area contributed by atoms with Gasteiger partial charge in [0, 0.05) is 34.2 Å². The van der Waals surface area contributed by atoms with Crippen molar-refractivity contribution in [2.24, 2.45) is 0 Å². The number of para-hydroxylation sites is 1. The van der Waals surface area contributed by atoms with E-state index >= 15 is 0 Å². The molecular weight excluding hydrogens is 348 g/mol. The standard InChI is InChI=1S/C20H15ClN4O/c21-15-4-2-5-16(10-15)24-20(26)25-17-9-14(11-22-12-17)18-6-1-3-13-7-8-23-19(13)18/h1-12,23H,(H2,24,25,26). The molecule has 0 bridgehead atoms. The van der Waals surface area contributed by atoms with E-state index in [-0.39, 0.29) is 6.03 Å². The number of hydrogen-bond donors (Lipinski definition) is 3. The van der Waals surface area contributed by atoms with E-state index in [0.29, 0.717) is 16.4 Å². The summed E-state index contributed by atoms with van der Waals surface area (Å²) in [6.07, 6.45) is 5.29. The summed E-state index contributed by atoms with van der Waals surface area (Å²) in [5.74, 6) is 0. The highest BCUT2D eigenvalue weighted by Crippen LogP contribution is 2.28. The molecule has 3 N–H and O–H groups in total. The summed E-state index contributed by atoms with van der Waals surface area (Å²) < 4.78 is 0. The van der Waals surface area contributed by atoms with Crippen molar-refractivity contribution in [3.05, 3.63) is 78.2 Å². The molecule has 2 amide bonds. The number of aromatic nitrogens is 2. The molecule has 0 unspecified atom stereocenters. The van der Waals surface area contributed by atoms with Crippen LogP contribution in [-0.4, -0.2) is 16.0 Å². The Kier molecular flexibility index (Phi) is 4.29. The quantitative estimate of drug-likeness (QED) is 0.448. The van der Waals surface area contributed by atoms with Gasteiger partial charge in [-0.05, 0) is 35.7 Å².